The summed E-state index contributed by atoms with van der Waals surface area (Å²) in [4.78, 5) is 14.5. The van der Waals surface area contributed by atoms with Gasteiger partial charge in [-0.2, -0.15) is 10.1 Å². The Labute approximate surface area is 63.7 Å². The standard InChI is InChI=1S/C7H9N3O/c11-7-9-6(4-8-10-7)5-2-1-3-5/h4-5H,1-3H2,(H,9,10,11). The Morgan fingerprint density at radius 2 is 2.36 bits per heavy atom. The Morgan fingerprint density at radius 3 is 2.91 bits per heavy atom. The Morgan fingerprint density at radius 1 is 1.55 bits per heavy atom. The number of aromatic amines is 1. The topological polar surface area (TPSA) is 58.6 Å². The third kappa shape index (κ3) is 1.15. The number of aromatic nitrogens is 3. The molecule has 1 fully saturated rings. The van der Waals surface area contributed by atoms with E-state index in [-0.39, 0.29) is 5.69 Å². The molecule has 0 aromatic carbocycles. The predicted octanol–water partition coefficient (Wildman–Crippen LogP) is 0.432. The van der Waals surface area contributed by atoms with Crippen LogP contribution in [0, 0.1) is 0 Å². The number of hydrogen-bond donors (Lipinski definition) is 1. The van der Waals surface area contributed by atoms with Crippen LogP contribution in [0.25, 0.3) is 0 Å². The number of rotatable bonds is 1. The normalized spacial score (nSPS) is 17.8. The lowest BCUT2D eigenvalue weighted by Crippen LogP contribution is -2.19. The molecule has 1 aliphatic rings. The second-order valence-electron chi connectivity index (χ2n) is 2.84. The Kier molecular flexibility index (Phi) is 1.45. The fraction of sp³-hybridized carbons (Fsp3) is 0.571. The van der Waals surface area contributed by atoms with E-state index in [2.05, 4.69) is 15.2 Å². The molecular formula is C7H9N3O. The van der Waals surface area contributed by atoms with E-state index in [1.807, 2.05) is 0 Å². The zero-order chi connectivity index (χ0) is 7.68. The molecule has 1 heterocycles. The van der Waals surface area contributed by atoms with E-state index in [0.29, 0.717) is 5.92 Å². The summed E-state index contributed by atoms with van der Waals surface area (Å²) in [7, 11) is 0. The van der Waals surface area contributed by atoms with E-state index >= 15 is 0 Å². The Bertz CT molecular complexity index is 303. The van der Waals surface area contributed by atoms with Gasteiger partial charge in [0, 0.05) is 5.92 Å². The van der Waals surface area contributed by atoms with Gasteiger partial charge < -0.3 is 0 Å². The van der Waals surface area contributed by atoms with Gasteiger partial charge in [-0.25, -0.2) is 9.89 Å². The molecule has 0 amide bonds. The van der Waals surface area contributed by atoms with Gasteiger partial charge in [-0.05, 0) is 12.8 Å². The van der Waals surface area contributed by atoms with E-state index < -0.39 is 0 Å². The first-order valence-corrected chi connectivity index (χ1v) is 3.78. The van der Waals surface area contributed by atoms with Crippen LogP contribution in [0.1, 0.15) is 30.9 Å². The first-order valence-electron chi connectivity index (χ1n) is 3.78. The maximum Gasteiger partial charge on any atom is 0.361 e. The van der Waals surface area contributed by atoms with Crippen LogP contribution in [0.15, 0.2) is 11.0 Å². The molecule has 0 aliphatic heterocycles. The van der Waals surface area contributed by atoms with Crippen LogP contribution in [0.2, 0.25) is 0 Å². The molecular weight excluding hydrogens is 142 g/mol. The van der Waals surface area contributed by atoms with Gasteiger partial charge in [-0.1, -0.05) is 6.42 Å². The molecule has 1 aromatic rings. The van der Waals surface area contributed by atoms with Crippen molar-refractivity contribution in [2.45, 2.75) is 25.2 Å². The van der Waals surface area contributed by atoms with Crippen molar-refractivity contribution in [2.75, 3.05) is 0 Å². The molecule has 11 heavy (non-hydrogen) atoms. The Balaban J connectivity index is 2.30. The molecule has 0 atom stereocenters. The molecule has 0 unspecified atom stereocenters. The summed E-state index contributed by atoms with van der Waals surface area (Å²) in [5, 5.41) is 5.95. The largest absolute Gasteiger partial charge is 0.361 e. The highest BCUT2D eigenvalue weighted by molar-refractivity contribution is 5.04. The third-order valence-corrected chi connectivity index (χ3v) is 2.11. The fourth-order valence-corrected chi connectivity index (χ4v) is 1.23. The minimum atomic E-state index is -0.339. The number of H-pyrrole nitrogens is 1. The highest BCUT2D eigenvalue weighted by Crippen LogP contribution is 2.34. The van der Waals surface area contributed by atoms with Crippen molar-refractivity contribution in [2.24, 2.45) is 0 Å². The van der Waals surface area contributed by atoms with Crippen LogP contribution < -0.4 is 5.69 Å². The van der Waals surface area contributed by atoms with E-state index in [1.54, 1.807) is 6.20 Å². The minimum absolute atomic E-state index is 0.339. The maximum atomic E-state index is 10.7. The summed E-state index contributed by atoms with van der Waals surface area (Å²) < 4.78 is 0. The average molecular weight is 151 g/mol. The summed E-state index contributed by atoms with van der Waals surface area (Å²) in [6, 6.07) is 0. The van der Waals surface area contributed by atoms with Gasteiger partial charge in [0.25, 0.3) is 0 Å². The van der Waals surface area contributed by atoms with Gasteiger partial charge in [-0.15, -0.1) is 0 Å². The van der Waals surface area contributed by atoms with Gasteiger partial charge in [0.2, 0.25) is 0 Å². The van der Waals surface area contributed by atoms with Crippen LogP contribution in [0.3, 0.4) is 0 Å². The zero-order valence-corrected chi connectivity index (χ0v) is 6.08. The predicted molar refractivity (Wildman–Crippen MR) is 39.2 cm³/mol. The van der Waals surface area contributed by atoms with Crippen LogP contribution in [0.4, 0.5) is 0 Å². The van der Waals surface area contributed by atoms with Crippen molar-refractivity contribution in [3.8, 4) is 0 Å². The van der Waals surface area contributed by atoms with Crippen molar-refractivity contribution in [3.63, 3.8) is 0 Å². The lowest BCUT2D eigenvalue weighted by atomic mass is 9.83. The molecule has 2 rings (SSSR count). The summed E-state index contributed by atoms with van der Waals surface area (Å²) in [6.07, 6.45) is 5.20. The lowest BCUT2D eigenvalue weighted by Gasteiger charge is -2.23. The van der Waals surface area contributed by atoms with Gasteiger partial charge in [-0.3, -0.25) is 0 Å². The number of hydrogen-bond acceptors (Lipinski definition) is 3. The molecule has 4 heteroatoms. The first-order chi connectivity index (χ1) is 5.36. The van der Waals surface area contributed by atoms with E-state index in [9.17, 15) is 4.79 Å². The average Bonchev–Trinajstić information content (AvgIpc) is 1.83. The lowest BCUT2D eigenvalue weighted by molar-refractivity contribution is 0.407. The molecule has 0 saturated heterocycles. The van der Waals surface area contributed by atoms with Crippen LogP contribution >= 0.6 is 0 Å². The molecule has 0 bridgehead atoms. The van der Waals surface area contributed by atoms with Crippen LogP contribution in [0.5, 0.6) is 0 Å². The van der Waals surface area contributed by atoms with Gasteiger partial charge in [0.05, 0.1) is 11.9 Å². The second kappa shape index (κ2) is 2.45. The summed E-state index contributed by atoms with van der Waals surface area (Å²) in [5.41, 5.74) is 0.509. The number of nitrogens with zero attached hydrogens (tertiary/aromatic N) is 2. The van der Waals surface area contributed by atoms with E-state index in [0.717, 1.165) is 18.5 Å². The van der Waals surface area contributed by atoms with E-state index in [1.165, 1.54) is 6.42 Å². The van der Waals surface area contributed by atoms with Crippen molar-refractivity contribution < 1.29 is 0 Å². The van der Waals surface area contributed by atoms with Gasteiger partial charge >= 0.3 is 5.69 Å². The summed E-state index contributed by atoms with van der Waals surface area (Å²) >= 11 is 0. The van der Waals surface area contributed by atoms with Crippen LogP contribution in [-0.4, -0.2) is 15.2 Å². The monoisotopic (exact) mass is 151 g/mol. The second-order valence-corrected chi connectivity index (χ2v) is 2.84. The zero-order valence-electron chi connectivity index (χ0n) is 6.08. The summed E-state index contributed by atoms with van der Waals surface area (Å²) in [5.74, 6) is 0.491. The minimum Gasteiger partial charge on any atom is -0.244 e. The van der Waals surface area contributed by atoms with Crippen molar-refractivity contribution in [1.82, 2.24) is 15.2 Å². The molecule has 1 N–H and O–H groups in total. The molecule has 1 aliphatic carbocycles. The van der Waals surface area contributed by atoms with Gasteiger partial charge in [0.1, 0.15) is 0 Å². The quantitative estimate of drug-likeness (QED) is 0.633. The fourth-order valence-electron chi connectivity index (χ4n) is 1.23. The molecule has 0 radical (unpaired) electrons. The van der Waals surface area contributed by atoms with Crippen molar-refractivity contribution >= 4 is 0 Å². The maximum absolute atomic E-state index is 10.7. The smallest absolute Gasteiger partial charge is 0.244 e. The van der Waals surface area contributed by atoms with Crippen LogP contribution in [-0.2, 0) is 0 Å². The first kappa shape index (κ1) is 6.52. The van der Waals surface area contributed by atoms with E-state index in [4.69, 9.17) is 0 Å². The highest BCUT2D eigenvalue weighted by Gasteiger charge is 2.20. The third-order valence-electron chi connectivity index (χ3n) is 2.11. The molecule has 1 aromatic heterocycles. The molecule has 4 nitrogen and oxygen atoms in total. The SMILES string of the molecule is O=c1nc(C2CCC2)cn[nH]1. The van der Waals surface area contributed by atoms with Crippen molar-refractivity contribution in [1.29, 1.82) is 0 Å². The van der Waals surface area contributed by atoms with Gasteiger partial charge in [0.15, 0.2) is 0 Å². The number of nitrogens with one attached hydrogen (secondary N) is 1. The molecule has 1 saturated carbocycles. The Hall–Kier alpha value is -1.19. The summed E-state index contributed by atoms with van der Waals surface area (Å²) in [6.45, 7) is 0. The molecule has 0 spiro atoms. The molecule has 58 valence electrons. The highest BCUT2D eigenvalue weighted by atomic mass is 16.1. The van der Waals surface area contributed by atoms with Crippen molar-refractivity contribution in [3.05, 3.63) is 22.4 Å².